The predicted molar refractivity (Wildman–Crippen MR) is 95.2 cm³/mol. The molecule has 2 aromatic rings. The van der Waals surface area contributed by atoms with Crippen LogP contribution in [0.2, 0.25) is 0 Å². The van der Waals surface area contributed by atoms with E-state index >= 15 is 0 Å². The third kappa shape index (κ3) is 3.18. The third-order valence-corrected chi connectivity index (χ3v) is 6.03. The second-order valence-corrected chi connectivity index (χ2v) is 7.73. The third-order valence-electron chi connectivity index (χ3n) is 4.89. The van der Waals surface area contributed by atoms with Gasteiger partial charge in [-0.25, -0.2) is 4.98 Å². The van der Waals surface area contributed by atoms with Gasteiger partial charge in [0.2, 0.25) is 5.91 Å². The topological polar surface area (TPSA) is 45.7 Å². The molecule has 0 N–H and O–H groups in total. The first-order valence-corrected chi connectivity index (χ1v) is 9.51. The summed E-state index contributed by atoms with van der Waals surface area (Å²) in [4.78, 5) is 21.7. The fourth-order valence-corrected chi connectivity index (χ4v) is 4.78. The molecular weight excluding hydrogens is 322 g/mol. The van der Waals surface area contributed by atoms with Crippen molar-refractivity contribution in [1.82, 2.24) is 14.8 Å². The maximum atomic E-state index is 12.7. The number of amides is 1. The Kier molecular flexibility index (Phi) is 4.52. The van der Waals surface area contributed by atoms with Gasteiger partial charge in [0.25, 0.3) is 0 Å². The molecule has 4 rings (SSSR count). The van der Waals surface area contributed by atoms with Crippen LogP contribution < -0.4 is 0 Å². The standard InChI is InChI=1S/C18H23N3O2S/c1-13-11-21(9-10-23-13)17(22)12-20-8-4-6-15(20)18-19-14-5-2-3-7-16(14)24-18/h2-3,5,7,13,15H,4,6,8-12H2,1H3/t13-,15+/m1/s1. The van der Waals surface area contributed by atoms with Crippen LogP contribution in [0.5, 0.6) is 0 Å². The largest absolute Gasteiger partial charge is 0.375 e. The van der Waals surface area contributed by atoms with E-state index in [0.29, 0.717) is 26.2 Å². The van der Waals surface area contributed by atoms with Gasteiger partial charge in [-0.1, -0.05) is 12.1 Å². The molecule has 2 aliphatic rings. The highest BCUT2D eigenvalue weighted by atomic mass is 32.1. The molecular formula is C18H23N3O2S. The lowest BCUT2D eigenvalue weighted by Crippen LogP contribution is -2.48. The Labute approximate surface area is 146 Å². The minimum absolute atomic E-state index is 0.140. The monoisotopic (exact) mass is 345 g/mol. The molecule has 2 aliphatic heterocycles. The second-order valence-electron chi connectivity index (χ2n) is 6.67. The smallest absolute Gasteiger partial charge is 0.236 e. The molecule has 2 fully saturated rings. The van der Waals surface area contributed by atoms with E-state index < -0.39 is 0 Å². The zero-order chi connectivity index (χ0) is 16.5. The van der Waals surface area contributed by atoms with Crippen molar-refractivity contribution >= 4 is 27.5 Å². The Bertz CT molecular complexity index is 699. The van der Waals surface area contributed by atoms with E-state index in [2.05, 4.69) is 23.1 Å². The molecule has 128 valence electrons. The van der Waals surface area contributed by atoms with Crippen LogP contribution >= 0.6 is 11.3 Å². The van der Waals surface area contributed by atoms with Gasteiger partial charge in [-0.2, -0.15) is 0 Å². The van der Waals surface area contributed by atoms with E-state index in [0.717, 1.165) is 29.9 Å². The molecule has 1 aromatic carbocycles. The number of carbonyl (C=O) groups excluding carboxylic acids is 1. The van der Waals surface area contributed by atoms with Crippen molar-refractivity contribution < 1.29 is 9.53 Å². The SMILES string of the molecule is C[C@@H]1CN(C(=O)CN2CCC[C@H]2c2nc3ccccc3s2)CCO1. The molecule has 2 atom stereocenters. The van der Waals surface area contributed by atoms with Gasteiger partial charge in [0.1, 0.15) is 5.01 Å². The van der Waals surface area contributed by atoms with Crippen molar-refractivity contribution in [2.75, 3.05) is 32.8 Å². The van der Waals surface area contributed by atoms with E-state index in [9.17, 15) is 4.79 Å². The molecule has 0 unspecified atom stereocenters. The summed E-state index contributed by atoms with van der Waals surface area (Å²) in [6, 6.07) is 8.55. The lowest BCUT2D eigenvalue weighted by Gasteiger charge is -2.33. The second kappa shape index (κ2) is 6.78. The number of likely N-dealkylation sites (tertiary alicyclic amines) is 1. The van der Waals surface area contributed by atoms with Gasteiger partial charge in [0, 0.05) is 13.1 Å². The summed E-state index contributed by atoms with van der Waals surface area (Å²) in [5.74, 6) is 0.221. The van der Waals surface area contributed by atoms with Crippen molar-refractivity contribution in [1.29, 1.82) is 0 Å². The minimum Gasteiger partial charge on any atom is -0.375 e. The lowest BCUT2D eigenvalue weighted by molar-refractivity contribution is -0.139. The van der Waals surface area contributed by atoms with Crippen LogP contribution in [-0.4, -0.2) is 59.6 Å². The van der Waals surface area contributed by atoms with Crippen LogP contribution in [-0.2, 0) is 9.53 Å². The van der Waals surface area contributed by atoms with E-state index in [4.69, 9.17) is 9.72 Å². The Hall–Kier alpha value is -1.50. The molecule has 0 bridgehead atoms. The van der Waals surface area contributed by atoms with E-state index in [1.54, 1.807) is 11.3 Å². The van der Waals surface area contributed by atoms with Crippen LogP contribution in [0, 0.1) is 0 Å². The molecule has 24 heavy (non-hydrogen) atoms. The Morgan fingerprint density at radius 3 is 3.08 bits per heavy atom. The van der Waals surface area contributed by atoms with Gasteiger partial charge < -0.3 is 9.64 Å². The van der Waals surface area contributed by atoms with E-state index in [1.807, 2.05) is 17.9 Å². The van der Waals surface area contributed by atoms with Crippen molar-refractivity contribution in [3.63, 3.8) is 0 Å². The number of thiazole rings is 1. The first-order chi connectivity index (χ1) is 11.7. The number of carbonyl (C=O) groups is 1. The van der Waals surface area contributed by atoms with E-state index in [1.165, 1.54) is 4.70 Å². The highest BCUT2D eigenvalue weighted by Gasteiger charge is 2.32. The van der Waals surface area contributed by atoms with Gasteiger partial charge in [0.15, 0.2) is 0 Å². The summed E-state index contributed by atoms with van der Waals surface area (Å²) in [6.45, 7) is 5.56. The van der Waals surface area contributed by atoms with Gasteiger partial charge in [0.05, 0.1) is 35.5 Å². The molecule has 0 aliphatic carbocycles. The van der Waals surface area contributed by atoms with Crippen molar-refractivity contribution in [2.24, 2.45) is 0 Å². The number of para-hydroxylation sites is 1. The summed E-state index contributed by atoms with van der Waals surface area (Å²) in [5, 5.41) is 1.15. The fraction of sp³-hybridized carbons (Fsp3) is 0.556. The van der Waals surface area contributed by atoms with Crippen molar-refractivity contribution in [3.8, 4) is 0 Å². The fourth-order valence-electron chi connectivity index (χ4n) is 3.65. The highest BCUT2D eigenvalue weighted by Crippen LogP contribution is 2.36. The summed E-state index contributed by atoms with van der Waals surface area (Å²) in [5.41, 5.74) is 1.07. The molecule has 1 aromatic heterocycles. The Morgan fingerprint density at radius 1 is 1.38 bits per heavy atom. The summed E-state index contributed by atoms with van der Waals surface area (Å²) in [7, 11) is 0. The Morgan fingerprint density at radius 2 is 2.25 bits per heavy atom. The first-order valence-electron chi connectivity index (χ1n) is 8.69. The summed E-state index contributed by atoms with van der Waals surface area (Å²) in [6.07, 6.45) is 2.36. The quantitative estimate of drug-likeness (QED) is 0.858. The van der Waals surface area contributed by atoms with Gasteiger partial charge in [-0.3, -0.25) is 9.69 Å². The van der Waals surface area contributed by atoms with Crippen LogP contribution in [0.1, 0.15) is 30.8 Å². The Balaban J connectivity index is 1.47. The molecule has 5 nitrogen and oxygen atoms in total. The number of aromatic nitrogens is 1. The molecule has 0 radical (unpaired) electrons. The minimum atomic E-state index is 0.140. The number of hydrogen-bond donors (Lipinski definition) is 0. The maximum absolute atomic E-state index is 12.7. The van der Waals surface area contributed by atoms with Gasteiger partial charge >= 0.3 is 0 Å². The lowest BCUT2D eigenvalue weighted by atomic mass is 10.2. The highest BCUT2D eigenvalue weighted by molar-refractivity contribution is 7.18. The predicted octanol–water partition coefficient (Wildman–Crippen LogP) is 2.68. The van der Waals surface area contributed by atoms with Crippen molar-refractivity contribution in [2.45, 2.75) is 31.9 Å². The summed E-state index contributed by atoms with van der Waals surface area (Å²) < 4.78 is 6.77. The average Bonchev–Trinajstić information content (AvgIpc) is 3.20. The normalized spacial score (nSPS) is 25.5. The molecule has 1 amide bonds. The molecule has 0 spiro atoms. The van der Waals surface area contributed by atoms with Crippen LogP contribution in [0.15, 0.2) is 24.3 Å². The number of fused-ring (bicyclic) bond motifs is 1. The molecule has 3 heterocycles. The van der Waals surface area contributed by atoms with E-state index in [-0.39, 0.29) is 18.1 Å². The number of rotatable bonds is 3. The molecule has 2 saturated heterocycles. The van der Waals surface area contributed by atoms with Gasteiger partial charge in [-0.15, -0.1) is 11.3 Å². The van der Waals surface area contributed by atoms with Crippen LogP contribution in [0.3, 0.4) is 0 Å². The van der Waals surface area contributed by atoms with Crippen LogP contribution in [0.25, 0.3) is 10.2 Å². The zero-order valence-corrected chi connectivity index (χ0v) is 14.8. The number of benzene rings is 1. The first kappa shape index (κ1) is 16.0. The van der Waals surface area contributed by atoms with Crippen molar-refractivity contribution in [3.05, 3.63) is 29.3 Å². The number of ether oxygens (including phenoxy) is 1. The zero-order valence-electron chi connectivity index (χ0n) is 14.0. The van der Waals surface area contributed by atoms with Crippen LogP contribution in [0.4, 0.5) is 0 Å². The maximum Gasteiger partial charge on any atom is 0.236 e. The number of morpholine rings is 1. The number of nitrogens with zero attached hydrogens (tertiary/aromatic N) is 3. The summed E-state index contributed by atoms with van der Waals surface area (Å²) >= 11 is 1.76. The van der Waals surface area contributed by atoms with Gasteiger partial charge in [-0.05, 0) is 38.4 Å². The number of hydrogen-bond acceptors (Lipinski definition) is 5. The molecule has 0 saturated carbocycles. The average molecular weight is 345 g/mol. The molecule has 6 heteroatoms.